The fourth-order valence-electron chi connectivity index (χ4n) is 2.17. The molecule has 0 aliphatic heterocycles. The fourth-order valence-corrected chi connectivity index (χ4v) is 3.51. The molecule has 0 fully saturated rings. The largest absolute Gasteiger partial charge is 0.486 e. The summed E-state index contributed by atoms with van der Waals surface area (Å²) in [6.45, 7) is 0.0980. The number of nitrogens with zero attached hydrogens (tertiary/aromatic N) is 3. The number of aromatic nitrogens is 4. The van der Waals surface area contributed by atoms with E-state index in [1.165, 1.54) is 0 Å². The second-order valence-corrected chi connectivity index (χ2v) is 7.91. The predicted molar refractivity (Wildman–Crippen MR) is 91.3 cm³/mol. The number of nitrogen functional groups attached to an aromatic ring is 1. The molecule has 120 valence electrons. The van der Waals surface area contributed by atoms with Gasteiger partial charge in [-0.05, 0) is 27.5 Å². The third-order valence-electron chi connectivity index (χ3n) is 3.19. The quantitative estimate of drug-likeness (QED) is 0.695. The van der Waals surface area contributed by atoms with Crippen molar-refractivity contribution in [2.24, 2.45) is 0 Å². The van der Waals surface area contributed by atoms with Crippen LogP contribution in [0.1, 0.15) is 5.56 Å². The van der Waals surface area contributed by atoms with Gasteiger partial charge < -0.3 is 10.5 Å². The summed E-state index contributed by atoms with van der Waals surface area (Å²) >= 11 is 6.23. The van der Waals surface area contributed by atoms with Crippen LogP contribution in [0, 0.1) is 0 Å². The molecule has 2 aromatic heterocycles. The van der Waals surface area contributed by atoms with Crippen LogP contribution in [0.4, 0.5) is 5.82 Å². The van der Waals surface area contributed by atoms with Gasteiger partial charge in [0.2, 0.25) is 5.65 Å². The van der Waals surface area contributed by atoms with Crippen LogP contribution in [0.3, 0.4) is 0 Å². The van der Waals surface area contributed by atoms with Gasteiger partial charge in [-0.25, -0.2) is 4.98 Å². The molecule has 0 saturated heterocycles. The van der Waals surface area contributed by atoms with E-state index in [4.69, 9.17) is 22.1 Å². The van der Waals surface area contributed by atoms with Crippen molar-refractivity contribution < 1.29 is 8.95 Å². The van der Waals surface area contributed by atoms with Crippen LogP contribution >= 0.6 is 11.6 Å². The highest BCUT2D eigenvalue weighted by molar-refractivity contribution is 7.99. The molecule has 0 aliphatic carbocycles. The van der Waals surface area contributed by atoms with Crippen LogP contribution in [0.5, 0.6) is 5.75 Å². The maximum Gasteiger partial charge on any atom is 0.207 e. The molecular formula is C14H14ClN5O2S. The number of halogens is 1. The van der Waals surface area contributed by atoms with Gasteiger partial charge >= 0.3 is 0 Å². The Morgan fingerprint density at radius 2 is 2.22 bits per heavy atom. The minimum Gasteiger partial charge on any atom is -0.486 e. The van der Waals surface area contributed by atoms with Crippen molar-refractivity contribution in [1.82, 2.24) is 20.4 Å². The van der Waals surface area contributed by atoms with E-state index in [0.717, 1.165) is 0 Å². The number of nitrogens with two attached hydrogens (primary N) is 1. The van der Waals surface area contributed by atoms with Crippen molar-refractivity contribution in [3.63, 3.8) is 0 Å². The Labute approximate surface area is 137 Å². The highest BCUT2D eigenvalue weighted by Gasteiger charge is 2.15. The SMILES string of the molecule is C=S(C)(=O)c1cccc(Cl)c1COc1cc(N)nc2n[nH]nc12. The van der Waals surface area contributed by atoms with E-state index in [-0.39, 0.29) is 12.4 Å². The van der Waals surface area contributed by atoms with Crippen LogP contribution in [-0.2, 0) is 16.1 Å². The van der Waals surface area contributed by atoms with Crippen LogP contribution < -0.4 is 10.5 Å². The van der Waals surface area contributed by atoms with Crippen LogP contribution in [0.2, 0.25) is 5.02 Å². The predicted octanol–water partition coefficient (Wildman–Crippen LogP) is 1.87. The molecule has 0 radical (unpaired) electrons. The van der Waals surface area contributed by atoms with Gasteiger partial charge in [0.25, 0.3) is 0 Å². The standard InChI is InChI=1S/C14H14ClN5O2S/c1-23(2,21)11-5-3-4-9(15)8(11)7-22-10-6-12(16)17-14-13(10)18-20-19-14/h3-6H,1,7H2,2H3,(H3,16,17,18,19,20). The molecule has 0 saturated carbocycles. The first-order valence-corrected chi connectivity index (χ1v) is 9.07. The molecule has 1 unspecified atom stereocenters. The first kappa shape index (κ1) is 15.6. The summed E-state index contributed by atoms with van der Waals surface area (Å²) in [5.74, 6) is 4.39. The minimum absolute atomic E-state index is 0.0980. The molecule has 0 spiro atoms. The van der Waals surface area contributed by atoms with Gasteiger partial charge in [-0.1, -0.05) is 17.7 Å². The van der Waals surface area contributed by atoms with Gasteiger partial charge in [0, 0.05) is 27.8 Å². The Kier molecular flexibility index (Phi) is 3.87. The molecule has 9 heteroatoms. The zero-order chi connectivity index (χ0) is 16.6. The van der Waals surface area contributed by atoms with Crippen molar-refractivity contribution in [1.29, 1.82) is 0 Å². The van der Waals surface area contributed by atoms with Crippen molar-refractivity contribution in [3.8, 4) is 5.75 Å². The Hall–Kier alpha value is -2.32. The van der Waals surface area contributed by atoms with Crippen molar-refractivity contribution >= 4 is 44.0 Å². The summed E-state index contributed by atoms with van der Waals surface area (Å²) in [6.07, 6.45) is 1.56. The number of hydrogen-bond donors (Lipinski definition) is 2. The molecule has 2 heterocycles. The van der Waals surface area contributed by atoms with Gasteiger partial charge in [-0.3, -0.25) is 4.21 Å². The number of fused-ring (bicyclic) bond motifs is 1. The van der Waals surface area contributed by atoms with E-state index in [9.17, 15) is 4.21 Å². The van der Waals surface area contributed by atoms with E-state index >= 15 is 0 Å². The summed E-state index contributed by atoms with van der Waals surface area (Å²) in [5, 5.41) is 10.8. The lowest BCUT2D eigenvalue weighted by atomic mass is 10.2. The summed E-state index contributed by atoms with van der Waals surface area (Å²) in [7, 11) is -2.44. The summed E-state index contributed by atoms with van der Waals surface area (Å²) in [4.78, 5) is 4.60. The maximum absolute atomic E-state index is 12.3. The van der Waals surface area contributed by atoms with Crippen molar-refractivity contribution in [2.75, 3.05) is 12.0 Å². The Balaban J connectivity index is 1.99. The molecule has 0 bridgehead atoms. The third kappa shape index (κ3) is 3.08. The Morgan fingerprint density at radius 1 is 1.43 bits per heavy atom. The second-order valence-electron chi connectivity index (χ2n) is 5.05. The number of H-pyrrole nitrogens is 1. The van der Waals surface area contributed by atoms with Crippen LogP contribution in [0.25, 0.3) is 11.2 Å². The zero-order valence-electron chi connectivity index (χ0n) is 12.2. The molecule has 0 amide bonds. The van der Waals surface area contributed by atoms with Crippen molar-refractivity contribution in [3.05, 3.63) is 34.9 Å². The monoisotopic (exact) mass is 351 g/mol. The summed E-state index contributed by atoms with van der Waals surface area (Å²) in [5.41, 5.74) is 7.16. The van der Waals surface area contributed by atoms with E-state index in [1.54, 1.807) is 30.5 Å². The molecule has 1 atom stereocenters. The van der Waals surface area contributed by atoms with Gasteiger partial charge in [0.1, 0.15) is 12.4 Å². The number of ether oxygens (including phenoxy) is 1. The zero-order valence-corrected chi connectivity index (χ0v) is 13.8. The number of pyridine rings is 1. The van der Waals surface area contributed by atoms with E-state index < -0.39 is 9.52 Å². The molecule has 23 heavy (non-hydrogen) atoms. The number of benzene rings is 1. The van der Waals surface area contributed by atoms with Gasteiger partial charge in [0.05, 0.1) is 0 Å². The first-order chi connectivity index (χ1) is 10.9. The van der Waals surface area contributed by atoms with Gasteiger partial charge in [-0.2, -0.15) is 10.3 Å². The highest BCUT2D eigenvalue weighted by Crippen LogP contribution is 2.28. The number of hydrogen-bond acceptors (Lipinski definition) is 6. The van der Waals surface area contributed by atoms with E-state index in [1.807, 2.05) is 0 Å². The average molecular weight is 352 g/mol. The molecule has 3 rings (SSSR count). The lowest BCUT2D eigenvalue weighted by molar-refractivity contribution is 0.306. The number of aromatic amines is 1. The molecule has 3 aromatic rings. The number of nitrogens with one attached hydrogen (secondary N) is 1. The molecule has 7 nitrogen and oxygen atoms in total. The Morgan fingerprint density at radius 3 is 2.96 bits per heavy atom. The summed E-state index contributed by atoms with van der Waals surface area (Å²) < 4.78 is 18.1. The van der Waals surface area contributed by atoms with Crippen molar-refractivity contribution in [2.45, 2.75) is 11.5 Å². The van der Waals surface area contributed by atoms with Crippen LogP contribution in [-0.4, -0.2) is 36.7 Å². The molecular weight excluding hydrogens is 338 g/mol. The minimum atomic E-state index is -2.44. The van der Waals surface area contributed by atoms with Gasteiger partial charge in [-0.15, -0.1) is 5.10 Å². The molecule has 0 aliphatic rings. The number of anilines is 1. The third-order valence-corrected chi connectivity index (χ3v) is 4.86. The van der Waals surface area contributed by atoms with E-state index in [0.29, 0.717) is 32.4 Å². The maximum atomic E-state index is 12.3. The van der Waals surface area contributed by atoms with Gasteiger partial charge in [0.15, 0.2) is 11.3 Å². The number of rotatable bonds is 4. The smallest absolute Gasteiger partial charge is 0.207 e. The average Bonchev–Trinajstić information content (AvgIpc) is 2.92. The Bertz CT molecular complexity index is 984. The lowest BCUT2D eigenvalue weighted by Crippen LogP contribution is -2.06. The fraction of sp³-hybridized carbons (Fsp3) is 0.143. The molecule has 3 N–H and O–H groups in total. The lowest BCUT2D eigenvalue weighted by Gasteiger charge is -2.14. The first-order valence-electron chi connectivity index (χ1n) is 6.55. The summed E-state index contributed by atoms with van der Waals surface area (Å²) in [6, 6.07) is 6.72. The second kappa shape index (κ2) is 5.71. The normalized spacial score (nSPS) is 13.8. The van der Waals surface area contributed by atoms with E-state index in [2.05, 4.69) is 26.3 Å². The topological polar surface area (TPSA) is 107 Å². The molecule has 1 aromatic carbocycles. The van der Waals surface area contributed by atoms with Crippen LogP contribution in [0.15, 0.2) is 29.2 Å². The highest BCUT2D eigenvalue weighted by atomic mass is 35.5.